The molecule has 130 valence electrons. The van der Waals surface area contributed by atoms with Gasteiger partial charge in [-0.15, -0.1) is 22.6 Å². The quantitative estimate of drug-likeness (QED) is 0.842. The third kappa shape index (κ3) is 4.14. The lowest BCUT2D eigenvalue weighted by Gasteiger charge is -2.16. The van der Waals surface area contributed by atoms with Crippen LogP contribution in [-0.2, 0) is 4.79 Å². The van der Waals surface area contributed by atoms with Crippen LogP contribution in [0.1, 0.15) is 13.8 Å². The first-order valence-corrected chi connectivity index (χ1v) is 8.27. The first-order chi connectivity index (χ1) is 11.2. The summed E-state index contributed by atoms with van der Waals surface area (Å²) in [7, 11) is 0. The van der Waals surface area contributed by atoms with E-state index in [-0.39, 0.29) is 25.1 Å². The minimum absolute atomic E-state index is 0. The molecule has 3 rings (SSSR count). The predicted molar refractivity (Wildman–Crippen MR) is 95.1 cm³/mol. The van der Waals surface area contributed by atoms with Crippen molar-refractivity contribution in [2.24, 2.45) is 0 Å². The van der Waals surface area contributed by atoms with Crippen LogP contribution < -0.4 is 14.8 Å². The van der Waals surface area contributed by atoms with Gasteiger partial charge in [0.05, 0.1) is 6.54 Å². The molecule has 2 heterocycles. The number of anilines is 1. The molecular formula is C15H19ClN4O3S. The van der Waals surface area contributed by atoms with Crippen molar-refractivity contribution in [3.8, 4) is 22.1 Å². The number of fused-ring (bicyclic) bond motifs is 1. The Hall–Kier alpha value is -1.90. The van der Waals surface area contributed by atoms with Gasteiger partial charge in [-0.2, -0.15) is 0 Å². The number of benzene rings is 1. The molecule has 0 saturated carbocycles. The van der Waals surface area contributed by atoms with Crippen LogP contribution in [0.2, 0.25) is 0 Å². The van der Waals surface area contributed by atoms with E-state index in [0.717, 1.165) is 29.4 Å². The zero-order chi connectivity index (χ0) is 16.2. The second kappa shape index (κ2) is 8.27. The Morgan fingerprint density at radius 2 is 2.00 bits per heavy atom. The molecule has 1 aliphatic heterocycles. The smallest absolute Gasteiger partial charge is 0.240 e. The van der Waals surface area contributed by atoms with Gasteiger partial charge in [0.15, 0.2) is 11.5 Å². The number of amides is 1. The van der Waals surface area contributed by atoms with Crippen LogP contribution in [0, 0.1) is 0 Å². The monoisotopic (exact) mass is 370 g/mol. The predicted octanol–water partition coefficient (Wildman–Crippen LogP) is 2.64. The third-order valence-electron chi connectivity index (χ3n) is 3.55. The van der Waals surface area contributed by atoms with Gasteiger partial charge in [-0.3, -0.25) is 15.0 Å². The highest BCUT2D eigenvalue weighted by Crippen LogP contribution is 2.37. The summed E-state index contributed by atoms with van der Waals surface area (Å²) in [6.07, 6.45) is 0. The first kappa shape index (κ1) is 18.4. The first-order valence-electron chi connectivity index (χ1n) is 7.45. The lowest BCUT2D eigenvalue weighted by molar-refractivity contribution is -0.117. The maximum Gasteiger partial charge on any atom is 0.240 e. The number of nitrogens with one attached hydrogen (secondary N) is 1. The van der Waals surface area contributed by atoms with Crippen LogP contribution >= 0.6 is 23.7 Å². The summed E-state index contributed by atoms with van der Waals surface area (Å²) in [4.78, 5) is 14.0. The number of rotatable bonds is 6. The van der Waals surface area contributed by atoms with E-state index in [1.54, 1.807) is 0 Å². The molecule has 0 bridgehead atoms. The molecule has 0 unspecified atom stereocenters. The summed E-state index contributed by atoms with van der Waals surface area (Å²) in [5.41, 5.74) is 0.885. The zero-order valence-electron chi connectivity index (χ0n) is 13.4. The number of aromatic nitrogens is 2. The highest BCUT2D eigenvalue weighted by Gasteiger charge is 2.16. The van der Waals surface area contributed by atoms with Crippen LogP contribution in [-0.4, -0.2) is 47.4 Å². The number of hydrogen-bond acceptors (Lipinski definition) is 7. The van der Waals surface area contributed by atoms with Crippen molar-refractivity contribution < 1.29 is 14.3 Å². The van der Waals surface area contributed by atoms with Gasteiger partial charge in [0, 0.05) is 5.56 Å². The number of ether oxygens (including phenoxy) is 2. The minimum atomic E-state index is -0.0814. The molecule has 1 aliphatic rings. The normalized spacial score (nSPS) is 12.1. The fourth-order valence-corrected chi connectivity index (χ4v) is 2.99. The van der Waals surface area contributed by atoms with Gasteiger partial charge >= 0.3 is 0 Å². The highest BCUT2D eigenvalue weighted by molar-refractivity contribution is 7.18. The number of halogens is 1. The van der Waals surface area contributed by atoms with Crippen LogP contribution in [0.3, 0.4) is 0 Å². The van der Waals surface area contributed by atoms with Crippen molar-refractivity contribution in [2.75, 3.05) is 31.7 Å². The summed E-state index contributed by atoms with van der Waals surface area (Å²) < 4.78 is 10.6. The maximum absolute atomic E-state index is 12.0. The van der Waals surface area contributed by atoms with Crippen molar-refractivity contribution in [2.45, 2.75) is 13.8 Å². The molecule has 1 aromatic carbocycles. The molecule has 7 nitrogen and oxygen atoms in total. The average molecular weight is 371 g/mol. The van der Waals surface area contributed by atoms with Crippen LogP contribution in [0.15, 0.2) is 18.2 Å². The summed E-state index contributed by atoms with van der Waals surface area (Å²) in [5, 5.41) is 12.2. The van der Waals surface area contributed by atoms with E-state index in [4.69, 9.17) is 9.47 Å². The summed E-state index contributed by atoms with van der Waals surface area (Å²) in [6, 6.07) is 5.61. The van der Waals surface area contributed by atoms with Crippen molar-refractivity contribution in [1.82, 2.24) is 15.1 Å². The molecule has 1 N–H and O–H groups in total. The summed E-state index contributed by atoms with van der Waals surface area (Å²) in [5.74, 6) is 1.35. The fourth-order valence-electron chi connectivity index (χ4n) is 2.23. The molecule has 0 radical (unpaired) electrons. The summed E-state index contributed by atoms with van der Waals surface area (Å²) in [6.45, 7) is 6.32. The molecule has 0 spiro atoms. The maximum atomic E-state index is 12.0. The van der Waals surface area contributed by atoms with E-state index in [0.29, 0.717) is 17.4 Å². The van der Waals surface area contributed by atoms with E-state index >= 15 is 0 Å². The van der Waals surface area contributed by atoms with Crippen LogP contribution in [0.5, 0.6) is 11.5 Å². The Morgan fingerprint density at radius 3 is 2.75 bits per heavy atom. The van der Waals surface area contributed by atoms with Crippen LogP contribution in [0.4, 0.5) is 5.13 Å². The Labute approximate surface area is 150 Å². The third-order valence-corrected chi connectivity index (χ3v) is 4.44. The average Bonchev–Trinajstić information content (AvgIpc) is 3.20. The zero-order valence-corrected chi connectivity index (χ0v) is 15.1. The highest BCUT2D eigenvalue weighted by atomic mass is 35.5. The molecule has 2 aromatic rings. The number of hydrogen-bond donors (Lipinski definition) is 1. The van der Waals surface area contributed by atoms with Gasteiger partial charge in [0.1, 0.15) is 5.01 Å². The second-order valence-electron chi connectivity index (χ2n) is 4.99. The molecule has 0 atom stereocenters. The van der Waals surface area contributed by atoms with Crippen molar-refractivity contribution in [3.63, 3.8) is 0 Å². The second-order valence-corrected chi connectivity index (χ2v) is 5.97. The number of carbonyl (C=O) groups excluding carboxylic acids is 1. The lowest BCUT2D eigenvalue weighted by atomic mass is 10.2. The lowest BCUT2D eigenvalue weighted by Crippen LogP contribution is -2.32. The topological polar surface area (TPSA) is 76.6 Å². The molecular weight excluding hydrogens is 352 g/mol. The van der Waals surface area contributed by atoms with Crippen molar-refractivity contribution in [3.05, 3.63) is 18.2 Å². The SMILES string of the molecule is CCN(CC)CC(=O)Nc1nnc(-c2ccc3c(c2)OCO3)s1.Cl. The Bertz CT molecular complexity index is 706. The van der Waals surface area contributed by atoms with Gasteiger partial charge in [-0.1, -0.05) is 25.2 Å². The van der Waals surface area contributed by atoms with Gasteiger partial charge in [-0.05, 0) is 31.3 Å². The molecule has 0 aliphatic carbocycles. The van der Waals surface area contributed by atoms with E-state index in [1.165, 1.54) is 11.3 Å². The van der Waals surface area contributed by atoms with Gasteiger partial charge in [0.2, 0.25) is 17.8 Å². The van der Waals surface area contributed by atoms with Crippen LogP contribution in [0.25, 0.3) is 10.6 Å². The minimum Gasteiger partial charge on any atom is -0.454 e. The van der Waals surface area contributed by atoms with Gasteiger partial charge in [0.25, 0.3) is 0 Å². The standard InChI is InChI=1S/C15H18N4O3S.ClH/c1-3-19(4-2)8-13(20)16-15-18-17-14(23-15)10-5-6-11-12(7-10)22-9-21-11;/h5-7H,3-4,8-9H2,1-2H3,(H,16,18,20);1H. The Kier molecular flexibility index (Phi) is 6.36. The Morgan fingerprint density at radius 1 is 1.25 bits per heavy atom. The number of carbonyl (C=O) groups is 1. The van der Waals surface area contributed by atoms with Gasteiger partial charge in [-0.25, -0.2) is 0 Å². The molecule has 0 fully saturated rings. The number of likely N-dealkylation sites (N-methyl/N-ethyl adjacent to an activating group) is 1. The fraction of sp³-hybridized carbons (Fsp3) is 0.400. The van der Waals surface area contributed by atoms with Crippen molar-refractivity contribution in [1.29, 1.82) is 0 Å². The largest absolute Gasteiger partial charge is 0.454 e. The molecule has 0 saturated heterocycles. The van der Waals surface area contributed by atoms with E-state index < -0.39 is 0 Å². The van der Waals surface area contributed by atoms with E-state index in [1.807, 2.05) is 36.9 Å². The van der Waals surface area contributed by atoms with E-state index in [2.05, 4.69) is 15.5 Å². The number of nitrogens with zero attached hydrogens (tertiary/aromatic N) is 3. The summed E-state index contributed by atoms with van der Waals surface area (Å²) >= 11 is 1.33. The van der Waals surface area contributed by atoms with E-state index in [9.17, 15) is 4.79 Å². The van der Waals surface area contributed by atoms with Gasteiger partial charge < -0.3 is 9.47 Å². The molecule has 1 aromatic heterocycles. The molecule has 1 amide bonds. The molecule has 9 heteroatoms. The molecule has 24 heavy (non-hydrogen) atoms. The Balaban J connectivity index is 0.00000208. The van der Waals surface area contributed by atoms with Crippen molar-refractivity contribution >= 4 is 34.8 Å².